The van der Waals surface area contributed by atoms with Crippen LogP contribution in [0.15, 0.2) is 0 Å². The topological polar surface area (TPSA) is 48.6 Å². The number of nitrogens with zero attached hydrogens (tertiary/aromatic N) is 2. The molecule has 0 aliphatic heterocycles. The first-order valence-corrected chi connectivity index (χ1v) is 15.8. The minimum absolute atomic E-state index is 0.310. The Balaban J connectivity index is 2.08. The molecule has 1 heterocycles. The largest absolute Gasteiger partial charge is 0.494 e. The molecule has 132 valence electrons. The second-order valence-corrected chi connectivity index (χ2v) is 19.0. The van der Waals surface area contributed by atoms with Crippen molar-refractivity contribution in [3.63, 3.8) is 0 Å². The van der Waals surface area contributed by atoms with Crippen molar-refractivity contribution in [2.75, 3.05) is 6.54 Å². The molecule has 2 rings (SSSR count). The fraction of sp³-hybridized carbons (Fsp3) is 0.765. The van der Waals surface area contributed by atoms with Gasteiger partial charge in [-0.05, 0) is 38.6 Å². The van der Waals surface area contributed by atoms with Gasteiger partial charge in [0.1, 0.15) is 16.5 Å². The highest BCUT2D eigenvalue weighted by atomic mass is 28.4. The third-order valence-electron chi connectivity index (χ3n) is 4.90. The van der Waals surface area contributed by atoms with Gasteiger partial charge in [0.05, 0.1) is 0 Å². The van der Waals surface area contributed by atoms with Crippen LogP contribution in [0.5, 0.6) is 11.8 Å². The van der Waals surface area contributed by atoms with Crippen LogP contribution in [0.1, 0.15) is 30.4 Å². The Morgan fingerprint density at radius 1 is 0.870 bits per heavy atom. The first-order valence-electron chi connectivity index (χ1n) is 8.93. The van der Waals surface area contributed by atoms with Crippen LogP contribution < -0.4 is 0 Å². The first kappa shape index (κ1) is 18.6. The van der Waals surface area contributed by atoms with Gasteiger partial charge in [-0.25, -0.2) is 0 Å². The molecule has 0 saturated carbocycles. The van der Waals surface area contributed by atoms with Gasteiger partial charge in [-0.15, -0.1) is 0 Å². The first-order chi connectivity index (χ1) is 10.5. The average Bonchev–Trinajstić information content (AvgIpc) is 2.66. The third-order valence-corrected chi connectivity index (χ3v) is 12.6. The molecule has 0 fully saturated rings. The second-order valence-electron chi connectivity index (χ2n) is 8.81. The maximum absolute atomic E-state index is 10.4. The van der Waals surface area contributed by atoms with Gasteiger partial charge in [0.2, 0.25) is 0 Å². The molecule has 0 unspecified atom stereocenters. The predicted molar refractivity (Wildman–Crippen MR) is 102 cm³/mol. The van der Waals surface area contributed by atoms with E-state index in [0.29, 0.717) is 18.3 Å². The zero-order valence-electron chi connectivity index (χ0n) is 15.7. The zero-order chi connectivity index (χ0) is 17.4. The van der Waals surface area contributed by atoms with Crippen LogP contribution in [-0.2, 0) is 19.4 Å². The smallest absolute Gasteiger partial charge is 0.197 e. The molecule has 4 nitrogen and oxygen atoms in total. The van der Waals surface area contributed by atoms with Crippen LogP contribution in [0.25, 0.3) is 0 Å². The molecule has 6 heteroatoms. The van der Waals surface area contributed by atoms with Crippen molar-refractivity contribution in [1.82, 2.24) is 8.80 Å². The predicted octanol–water partition coefficient (Wildman–Crippen LogP) is 4.14. The summed E-state index contributed by atoms with van der Waals surface area (Å²) in [5, 5.41) is 20.9. The lowest BCUT2D eigenvalue weighted by atomic mass is 9.95. The summed E-state index contributed by atoms with van der Waals surface area (Å²) in [6.07, 6.45) is 5.00. The van der Waals surface area contributed by atoms with Crippen LogP contribution >= 0.6 is 0 Å². The molecule has 0 aromatic carbocycles. The summed E-state index contributed by atoms with van der Waals surface area (Å²) in [7, 11) is -2.67. The standard InChI is InChI=1S/C17H34N2O2Si2/c1-22(2,3)19(23(4,5)6)13-9-12-18-16(20)14-10-7-8-11-15(14)17(18)21/h20-21H,7-13H2,1-6H3. The number of aromatic nitrogens is 1. The van der Waals surface area contributed by atoms with E-state index in [0.717, 1.165) is 49.8 Å². The fourth-order valence-electron chi connectivity index (χ4n) is 4.10. The lowest BCUT2D eigenvalue weighted by Crippen LogP contribution is -2.59. The quantitative estimate of drug-likeness (QED) is 0.755. The highest BCUT2D eigenvalue weighted by Crippen LogP contribution is 2.38. The summed E-state index contributed by atoms with van der Waals surface area (Å²) < 4.78 is 4.50. The van der Waals surface area contributed by atoms with E-state index in [4.69, 9.17) is 0 Å². The molecule has 23 heavy (non-hydrogen) atoms. The summed E-state index contributed by atoms with van der Waals surface area (Å²) in [6.45, 7) is 16.2. The van der Waals surface area contributed by atoms with Gasteiger partial charge in [0, 0.05) is 17.7 Å². The van der Waals surface area contributed by atoms with E-state index in [1.165, 1.54) is 0 Å². The van der Waals surface area contributed by atoms with Gasteiger partial charge in [-0.1, -0.05) is 39.3 Å². The molecule has 0 saturated heterocycles. The van der Waals surface area contributed by atoms with Gasteiger partial charge in [0.15, 0.2) is 11.8 Å². The van der Waals surface area contributed by atoms with E-state index in [1.54, 1.807) is 4.57 Å². The van der Waals surface area contributed by atoms with Crippen molar-refractivity contribution in [3.8, 4) is 11.8 Å². The number of fused-ring (bicyclic) bond motifs is 1. The Labute approximate surface area is 143 Å². The van der Waals surface area contributed by atoms with Crippen LogP contribution in [0, 0.1) is 0 Å². The molecule has 0 amide bonds. The molecule has 1 aromatic rings. The van der Waals surface area contributed by atoms with E-state index in [1.807, 2.05) is 0 Å². The molecule has 0 atom stereocenters. The monoisotopic (exact) mass is 354 g/mol. The fourth-order valence-corrected chi connectivity index (χ4v) is 13.8. The van der Waals surface area contributed by atoms with Crippen molar-refractivity contribution >= 4 is 16.5 Å². The van der Waals surface area contributed by atoms with Crippen LogP contribution in [-0.4, -0.2) is 42.0 Å². The highest BCUT2D eigenvalue weighted by molar-refractivity contribution is 6.89. The van der Waals surface area contributed by atoms with E-state index in [2.05, 4.69) is 43.5 Å². The van der Waals surface area contributed by atoms with Crippen molar-refractivity contribution in [2.24, 2.45) is 0 Å². The van der Waals surface area contributed by atoms with Gasteiger partial charge in [-0.3, -0.25) is 4.57 Å². The lowest BCUT2D eigenvalue weighted by molar-refractivity contribution is 0.358. The number of hydrogen-bond donors (Lipinski definition) is 2. The Morgan fingerprint density at radius 3 is 1.70 bits per heavy atom. The van der Waals surface area contributed by atoms with Crippen molar-refractivity contribution in [3.05, 3.63) is 11.1 Å². The van der Waals surface area contributed by atoms with Crippen molar-refractivity contribution < 1.29 is 10.2 Å². The summed E-state index contributed by atoms with van der Waals surface area (Å²) in [6, 6.07) is 0. The Kier molecular flexibility index (Phi) is 5.38. The molecule has 1 aromatic heterocycles. The van der Waals surface area contributed by atoms with Crippen LogP contribution in [0.2, 0.25) is 39.3 Å². The minimum atomic E-state index is -1.34. The van der Waals surface area contributed by atoms with Crippen LogP contribution in [0.3, 0.4) is 0 Å². The third kappa shape index (κ3) is 4.03. The SMILES string of the molecule is C[Si](C)(C)N(CCCn1c(O)c2c(c1O)CCCC2)[Si](C)(C)C. The van der Waals surface area contributed by atoms with E-state index in [-0.39, 0.29) is 0 Å². The molecule has 0 radical (unpaired) electrons. The minimum Gasteiger partial charge on any atom is -0.494 e. The van der Waals surface area contributed by atoms with Gasteiger partial charge >= 0.3 is 0 Å². The lowest BCUT2D eigenvalue weighted by Gasteiger charge is -2.43. The van der Waals surface area contributed by atoms with Gasteiger partial charge in [-0.2, -0.15) is 0 Å². The highest BCUT2D eigenvalue weighted by Gasteiger charge is 2.34. The molecule has 0 bridgehead atoms. The molecule has 0 spiro atoms. The van der Waals surface area contributed by atoms with Gasteiger partial charge in [0.25, 0.3) is 0 Å². The van der Waals surface area contributed by atoms with Crippen molar-refractivity contribution in [1.29, 1.82) is 0 Å². The molecule has 1 aliphatic carbocycles. The number of rotatable bonds is 6. The number of hydrogen-bond acceptors (Lipinski definition) is 3. The molecular weight excluding hydrogens is 320 g/mol. The molecule has 2 N–H and O–H groups in total. The van der Waals surface area contributed by atoms with Crippen LogP contribution in [0.4, 0.5) is 0 Å². The Hall–Kier alpha value is -0.726. The Morgan fingerprint density at radius 2 is 1.30 bits per heavy atom. The Bertz CT molecular complexity index is 513. The maximum atomic E-state index is 10.4. The second kappa shape index (κ2) is 6.65. The molecule has 1 aliphatic rings. The average molecular weight is 355 g/mol. The summed E-state index contributed by atoms with van der Waals surface area (Å²) in [5.41, 5.74) is 1.97. The van der Waals surface area contributed by atoms with E-state index in [9.17, 15) is 10.2 Å². The van der Waals surface area contributed by atoms with E-state index < -0.39 is 16.5 Å². The van der Waals surface area contributed by atoms with Crippen molar-refractivity contribution in [2.45, 2.75) is 77.9 Å². The molecular formula is C17H34N2O2Si2. The van der Waals surface area contributed by atoms with Gasteiger partial charge < -0.3 is 14.4 Å². The normalized spacial score (nSPS) is 16.0. The number of aromatic hydroxyl groups is 2. The summed E-state index contributed by atoms with van der Waals surface area (Å²) in [4.78, 5) is 0. The zero-order valence-corrected chi connectivity index (χ0v) is 17.7. The summed E-state index contributed by atoms with van der Waals surface area (Å²) in [5.74, 6) is 0.620. The van der Waals surface area contributed by atoms with E-state index >= 15 is 0 Å². The summed E-state index contributed by atoms with van der Waals surface area (Å²) >= 11 is 0. The maximum Gasteiger partial charge on any atom is 0.197 e.